The van der Waals surface area contributed by atoms with E-state index >= 15 is 0 Å². The summed E-state index contributed by atoms with van der Waals surface area (Å²) in [7, 11) is -0.470. The van der Waals surface area contributed by atoms with Crippen molar-refractivity contribution in [3.8, 4) is 0 Å². The van der Waals surface area contributed by atoms with E-state index in [1.54, 1.807) is 0 Å². The van der Waals surface area contributed by atoms with Gasteiger partial charge in [0.05, 0.1) is 13.2 Å². The normalized spacial score (nSPS) is 21.5. The smallest absolute Gasteiger partial charge is 0.305 e. The van der Waals surface area contributed by atoms with E-state index in [1.807, 2.05) is 0 Å². The van der Waals surface area contributed by atoms with Crippen molar-refractivity contribution in [2.45, 2.75) is 123 Å². The van der Waals surface area contributed by atoms with E-state index in [0.717, 1.165) is 25.7 Å². The number of Topliss-reactive ketones (excluding diaryl/α,β-unsaturated/α-hetero) is 1. The third-order valence-corrected chi connectivity index (χ3v) is 13.0. The zero-order valence-electron chi connectivity index (χ0n) is 24.8. The predicted molar refractivity (Wildman–Crippen MR) is 156 cm³/mol. The van der Waals surface area contributed by atoms with Crippen molar-refractivity contribution in [2.24, 2.45) is 11.8 Å². The van der Waals surface area contributed by atoms with Gasteiger partial charge in [0, 0.05) is 18.8 Å². The number of allylic oxidation sites excluding steroid dienone is 2. The fraction of sp³-hybridized carbons (Fsp3) is 0.688. The summed E-state index contributed by atoms with van der Waals surface area (Å²) in [5.41, 5.74) is 2.54. The van der Waals surface area contributed by atoms with E-state index in [9.17, 15) is 9.59 Å². The van der Waals surface area contributed by atoms with Gasteiger partial charge < -0.3 is 9.16 Å². The number of hydrogen-bond donors (Lipinski definition) is 0. The molecular weight excluding hydrogens is 476 g/mol. The topological polar surface area (TPSA) is 52.6 Å². The first-order valence-corrected chi connectivity index (χ1v) is 17.3. The highest BCUT2D eigenvalue weighted by Gasteiger charge is 2.41. The van der Waals surface area contributed by atoms with Gasteiger partial charge in [0.2, 0.25) is 0 Å². The minimum absolute atomic E-state index is 0.0292. The molecule has 1 saturated carbocycles. The van der Waals surface area contributed by atoms with Crippen LogP contribution in [0.2, 0.25) is 18.1 Å². The molecule has 0 aromatic heterocycles. The molecule has 1 aromatic carbocycles. The fourth-order valence-corrected chi connectivity index (χ4v) is 6.52. The molecule has 37 heavy (non-hydrogen) atoms. The van der Waals surface area contributed by atoms with Crippen LogP contribution in [0.15, 0.2) is 36.4 Å². The highest BCUT2D eigenvalue weighted by Crippen LogP contribution is 2.45. The van der Waals surface area contributed by atoms with Crippen molar-refractivity contribution in [1.82, 2.24) is 0 Å². The van der Waals surface area contributed by atoms with Crippen LogP contribution in [0.25, 0.3) is 0 Å². The maximum absolute atomic E-state index is 12.9. The van der Waals surface area contributed by atoms with Crippen LogP contribution in [0, 0.1) is 11.8 Å². The zero-order valence-corrected chi connectivity index (χ0v) is 25.8. The summed E-state index contributed by atoms with van der Waals surface area (Å²) in [6.07, 6.45) is 12.5. The van der Waals surface area contributed by atoms with E-state index in [2.05, 4.69) is 84.1 Å². The lowest BCUT2D eigenvalue weighted by Crippen LogP contribution is -2.41. The van der Waals surface area contributed by atoms with Gasteiger partial charge in [-0.1, -0.05) is 90.3 Å². The highest BCUT2D eigenvalue weighted by atomic mass is 28.4. The summed E-state index contributed by atoms with van der Waals surface area (Å²) in [5, 5.41) is 0.176. The van der Waals surface area contributed by atoms with Gasteiger partial charge in [-0.2, -0.15) is 0 Å². The monoisotopic (exact) mass is 528 g/mol. The SMILES string of the molecule is CCCCCC(O[Si](C)(C)C(C)(C)C)c1ccc([C@H]2[C@H](C)CC(=O)[C@@H]2C/C=C\CCCC(=O)OC)cc1. The molecule has 0 amide bonds. The average Bonchev–Trinajstić information content (AvgIpc) is 3.12. The largest absolute Gasteiger partial charge is 0.469 e. The van der Waals surface area contributed by atoms with E-state index in [0.29, 0.717) is 24.5 Å². The summed E-state index contributed by atoms with van der Waals surface area (Å²) in [6, 6.07) is 9.02. The van der Waals surface area contributed by atoms with Gasteiger partial charge in [0.25, 0.3) is 0 Å². The second-order valence-electron chi connectivity index (χ2n) is 12.5. The molecule has 0 aliphatic heterocycles. The van der Waals surface area contributed by atoms with Gasteiger partial charge in [-0.15, -0.1) is 0 Å². The Morgan fingerprint density at radius 1 is 1.11 bits per heavy atom. The minimum atomic E-state index is -1.89. The third kappa shape index (κ3) is 9.21. The summed E-state index contributed by atoms with van der Waals surface area (Å²) in [4.78, 5) is 24.2. The Bertz CT molecular complexity index is 881. The fourth-order valence-electron chi connectivity index (χ4n) is 5.20. The summed E-state index contributed by atoms with van der Waals surface area (Å²) in [5.74, 6) is 0.834. The van der Waals surface area contributed by atoms with Crippen LogP contribution in [-0.2, 0) is 18.8 Å². The van der Waals surface area contributed by atoms with Gasteiger partial charge in [0.1, 0.15) is 5.78 Å². The van der Waals surface area contributed by atoms with Gasteiger partial charge in [0.15, 0.2) is 8.32 Å². The number of ether oxygens (including phenoxy) is 1. The molecule has 0 bridgehead atoms. The number of carbonyl (C=O) groups is 2. The number of benzene rings is 1. The zero-order chi connectivity index (χ0) is 27.6. The molecule has 4 atom stereocenters. The van der Waals surface area contributed by atoms with Crippen molar-refractivity contribution in [1.29, 1.82) is 0 Å². The van der Waals surface area contributed by atoms with Crippen molar-refractivity contribution in [3.05, 3.63) is 47.5 Å². The van der Waals surface area contributed by atoms with Gasteiger partial charge in [-0.25, -0.2) is 0 Å². The molecule has 0 spiro atoms. The molecule has 1 fully saturated rings. The Morgan fingerprint density at radius 3 is 2.38 bits per heavy atom. The molecule has 1 unspecified atom stereocenters. The second-order valence-corrected chi connectivity index (χ2v) is 17.2. The molecule has 1 aliphatic rings. The van der Waals surface area contributed by atoms with E-state index in [1.165, 1.54) is 37.5 Å². The summed E-state index contributed by atoms with van der Waals surface area (Å²) in [6.45, 7) is 16.1. The molecule has 4 nitrogen and oxygen atoms in total. The van der Waals surface area contributed by atoms with Crippen molar-refractivity contribution in [3.63, 3.8) is 0 Å². The van der Waals surface area contributed by atoms with Gasteiger partial charge >= 0.3 is 5.97 Å². The maximum Gasteiger partial charge on any atom is 0.305 e. The van der Waals surface area contributed by atoms with Crippen LogP contribution >= 0.6 is 0 Å². The molecule has 2 rings (SSSR count). The van der Waals surface area contributed by atoms with Crippen LogP contribution in [0.3, 0.4) is 0 Å². The molecular formula is C32H52O4Si. The Hall–Kier alpha value is -1.72. The van der Waals surface area contributed by atoms with E-state index in [-0.39, 0.29) is 28.9 Å². The van der Waals surface area contributed by atoms with Crippen molar-refractivity contribution >= 4 is 20.1 Å². The number of unbranched alkanes of at least 4 members (excludes halogenated alkanes) is 3. The molecule has 208 valence electrons. The molecule has 0 radical (unpaired) electrons. The maximum atomic E-state index is 12.9. The number of methoxy groups -OCH3 is 1. The minimum Gasteiger partial charge on any atom is -0.469 e. The summed E-state index contributed by atoms with van der Waals surface area (Å²) < 4.78 is 11.6. The lowest BCUT2D eigenvalue weighted by Gasteiger charge is -2.39. The first-order valence-electron chi connectivity index (χ1n) is 14.4. The van der Waals surface area contributed by atoms with Crippen LogP contribution < -0.4 is 0 Å². The first kappa shape index (κ1) is 31.5. The van der Waals surface area contributed by atoms with E-state index < -0.39 is 8.32 Å². The molecule has 0 saturated heterocycles. The quantitative estimate of drug-likeness (QED) is 0.105. The third-order valence-electron chi connectivity index (χ3n) is 8.53. The van der Waals surface area contributed by atoms with Crippen molar-refractivity contribution < 1.29 is 18.8 Å². The number of ketones is 1. The number of rotatable bonds is 14. The van der Waals surface area contributed by atoms with Crippen molar-refractivity contribution in [2.75, 3.05) is 7.11 Å². The van der Waals surface area contributed by atoms with Crippen LogP contribution in [0.1, 0.15) is 116 Å². The Labute approximate surface area is 227 Å². The molecule has 0 N–H and O–H groups in total. The van der Waals surface area contributed by atoms with Gasteiger partial charge in [-0.3, -0.25) is 9.59 Å². The Kier molecular flexibility index (Phi) is 12.3. The van der Waals surface area contributed by atoms with Crippen LogP contribution in [-0.4, -0.2) is 27.2 Å². The number of hydrogen-bond acceptors (Lipinski definition) is 4. The Balaban J connectivity index is 2.13. The first-order chi connectivity index (χ1) is 17.4. The molecule has 1 aliphatic carbocycles. The molecule has 1 aromatic rings. The standard InChI is InChI=1S/C32H52O4Si/c1-9-10-13-17-29(36-37(7,8)32(3,4)5)25-19-21-26(22-20-25)31-24(2)23-28(33)27(31)16-14-11-12-15-18-30(34)35-6/h11,14,19-22,24,27,29,31H,9-10,12-13,15-18,23H2,1-8H3/b14-11-/t24-,27+,29?,31-/m1/s1. The lowest BCUT2D eigenvalue weighted by atomic mass is 9.81. The number of esters is 1. The lowest BCUT2D eigenvalue weighted by molar-refractivity contribution is -0.140. The number of carbonyl (C=O) groups excluding carboxylic acids is 2. The second kappa shape index (κ2) is 14.4. The Morgan fingerprint density at radius 2 is 1.78 bits per heavy atom. The average molecular weight is 529 g/mol. The van der Waals surface area contributed by atoms with E-state index in [4.69, 9.17) is 9.16 Å². The highest BCUT2D eigenvalue weighted by molar-refractivity contribution is 6.74. The van der Waals surface area contributed by atoms with Crippen LogP contribution in [0.4, 0.5) is 0 Å². The summed E-state index contributed by atoms with van der Waals surface area (Å²) >= 11 is 0. The predicted octanol–water partition coefficient (Wildman–Crippen LogP) is 8.93. The van der Waals surface area contributed by atoms with Gasteiger partial charge in [-0.05, 0) is 66.8 Å². The molecule has 0 heterocycles. The van der Waals surface area contributed by atoms with Crippen LogP contribution in [0.5, 0.6) is 0 Å². The molecule has 5 heteroatoms.